The number of carboxylic acid groups (broad SMARTS) is 1. The van der Waals surface area contributed by atoms with Crippen molar-refractivity contribution in [2.24, 2.45) is 5.41 Å². The minimum absolute atomic E-state index is 0. The van der Waals surface area contributed by atoms with Crippen LogP contribution < -0.4 is 0 Å². The summed E-state index contributed by atoms with van der Waals surface area (Å²) in [5.74, 6) is -0.848. The molecule has 0 atom stereocenters. The van der Waals surface area contributed by atoms with Crippen LogP contribution in [0, 0.1) is 5.41 Å². The Balaban J connectivity index is 0.00000289. The first kappa shape index (κ1) is 18.4. The molecule has 0 unspecified atom stereocenters. The normalized spacial score (nSPS) is 27.6. The van der Waals surface area contributed by atoms with Crippen molar-refractivity contribution < 1.29 is 19.4 Å². The molecule has 0 aromatic heterocycles. The average Bonchev–Trinajstić information content (AvgIpc) is 2.31. The molecule has 1 rings (SSSR count). The van der Waals surface area contributed by atoms with E-state index >= 15 is 0 Å². The molecule has 1 N–H and O–H groups in total. The van der Waals surface area contributed by atoms with Crippen molar-refractivity contribution in [3.63, 3.8) is 0 Å². The second kappa shape index (κ2) is 9.32. The van der Waals surface area contributed by atoms with E-state index in [0.29, 0.717) is 0 Å². The fourth-order valence-corrected chi connectivity index (χ4v) is 1.85. The Kier molecular flexibility index (Phi) is 9.52. The number of ether oxygens (including phenoxy) is 2. The summed E-state index contributed by atoms with van der Waals surface area (Å²) in [6, 6.07) is 0. The third-order valence-corrected chi connectivity index (χ3v) is 3.24. The van der Waals surface area contributed by atoms with E-state index in [1.807, 2.05) is 0 Å². The maximum absolute atomic E-state index is 11.0. The molecule has 1 fully saturated rings. The fraction of sp³-hybridized carbons (Fsp3) is 0.923. The van der Waals surface area contributed by atoms with Gasteiger partial charge in [0.1, 0.15) is 5.41 Å². The summed E-state index contributed by atoms with van der Waals surface area (Å²) < 4.78 is 10.9. The van der Waals surface area contributed by atoms with Crippen LogP contribution in [0.15, 0.2) is 0 Å². The van der Waals surface area contributed by atoms with Gasteiger partial charge in [-0.2, -0.15) is 0 Å². The summed E-state index contributed by atoms with van der Waals surface area (Å²) in [6.07, 6.45) is 6.75. The molecule has 0 amide bonds. The van der Waals surface area contributed by atoms with Crippen LogP contribution in [0.3, 0.4) is 0 Å². The summed E-state index contributed by atoms with van der Waals surface area (Å²) in [4.78, 5) is 11.0. The van der Waals surface area contributed by atoms with E-state index in [2.05, 4.69) is 6.92 Å². The molecule has 0 aromatic carbocycles. The number of carboxylic acids is 1. The van der Waals surface area contributed by atoms with Crippen molar-refractivity contribution in [3.05, 3.63) is 0 Å². The molecule has 0 aliphatic carbocycles. The number of hydrogen-bond donors (Lipinski definition) is 1. The Morgan fingerprint density at radius 3 is 2.28 bits per heavy atom. The van der Waals surface area contributed by atoms with Crippen molar-refractivity contribution in [2.45, 2.75) is 58.7 Å². The SMILES string of the molecule is CCCCCCCC1OCC(C)(C(=O)O)CO1.[NaH]. The van der Waals surface area contributed by atoms with Gasteiger partial charge < -0.3 is 14.6 Å². The van der Waals surface area contributed by atoms with Crippen LogP contribution in [0.2, 0.25) is 0 Å². The van der Waals surface area contributed by atoms with Crippen LogP contribution in [0.1, 0.15) is 52.4 Å². The second-order valence-electron chi connectivity index (χ2n) is 5.12. The number of unbranched alkanes of at least 4 members (excludes halogenated alkanes) is 4. The van der Waals surface area contributed by atoms with Gasteiger partial charge in [-0.1, -0.05) is 32.6 Å². The second-order valence-corrected chi connectivity index (χ2v) is 5.12. The zero-order valence-electron chi connectivity index (χ0n) is 10.9. The fourth-order valence-electron chi connectivity index (χ4n) is 1.85. The van der Waals surface area contributed by atoms with Crippen LogP contribution in [0.4, 0.5) is 0 Å². The maximum atomic E-state index is 11.0. The molecule has 0 radical (unpaired) electrons. The predicted molar refractivity (Wildman–Crippen MR) is 72.0 cm³/mol. The summed E-state index contributed by atoms with van der Waals surface area (Å²) in [5.41, 5.74) is -0.876. The van der Waals surface area contributed by atoms with Crippen molar-refractivity contribution in [1.29, 1.82) is 0 Å². The van der Waals surface area contributed by atoms with Gasteiger partial charge in [0.15, 0.2) is 6.29 Å². The number of aliphatic carboxylic acids is 1. The molecule has 0 aromatic rings. The van der Waals surface area contributed by atoms with Crippen LogP contribution in [-0.4, -0.2) is 60.1 Å². The standard InChI is InChI=1S/C13H24O4.Na.H/c1-3-4-5-6-7-8-11-16-9-13(2,10-17-11)12(14)15;;/h11H,3-10H2,1-2H3,(H,14,15);;. The molecule has 0 spiro atoms. The van der Waals surface area contributed by atoms with E-state index in [-0.39, 0.29) is 49.1 Å². The van der Waals surface area contributed by atoms with E-state index in [1.54, 1.807) is 6.92 Å². The molecule has 102 valence electrons. The van der Waals surface area contributed by atoms with Crippen LogP contribution in [0.25, 0.3) is 0 Å². The van der Waals surface area contributed by atoms with Gasteiger partial charge in [-0.15, -0.1) is 0 Å². The van der Waals surface area contributed by atoms with E-state index in [1.165, 1.54) is 25.7 Å². The van der Waals surface area contributed by atoms with Crippen molar-refractivity contribution in [1.82, 2.24) is 0 Å². The molecule has 1 saturated heterocycles. The van der Waals surface area contributed by atoms with Gasteiger partial charge in [0.2, 0.25) is 0 Å². The summed E-state index contributed by atoms with van der Waals surface area (Å²) in [6.45, 7) is 4.36. The van der Waals surface area contributed by atoms with Gasteiger partial charge in [-0.25, -0.2) is 0 Å². The molecular weight excluding hydrogens is 243 g/mol. The minimum atomic E-state index is -0.876. The molecule has 0 bridgehead atoms. The Morgan fingerprint density at radius 2 is 1.78 bits per heavy atom. The predicted octanol–water partition coefficient (Wildman–Crippen LogP) is 2.16. The van der Waals surface area contributed by atoms with E-state index < -0.39 is 11.4 Å². The third kappa shape index (κ3) is 6.02. The average molecular weight is 268 g/mol. The van der Waals surface area contributed by atoms with Gasteiger partial charge >= 0.3 is 35.5 Å². The van der Waals surface area contributed by atoms with Crippen molar-refractivity contribution in [2.75, 3.05) is 13.2 Å². The Bertz CT molecular complexity index is 237. The molecular formula is C13H25NaO4. The van der Waals surface area contributed by atoms with Gasteiger partial charge in [0, 0.05) is 0 Å². The zero-order chi connectivity index (χ0) is 12.7. The summed E-state index contributed by atoms with van der Waals surface area (Å²) in [5, 5.41) is 9.00. The van der Waals surface area contributed by atoms with Crippen LogP contribution in [-0.2, 0) is 14.3 Å². The number of carbonyl (C=O) groups is 1. The van der Waals surface area contributed by atoms with Crippen LogP contribution in [0.5, 0.6) is 0 Å². The quantitative estimate of drug-likeness (QED) is 0.568. The van der Waals surface area contributed by atoms with Gasteiger partial charge in [-0.3, -0.25) is 4.79 Å². The first-order valence-corrected chi connectivity index (χ1v) is 6.55. The molecule has 18 heavy (non-hydrogen) atoms. The van der Waals surface area contributed by atoms with Gasteiger partial charge in [-0.05, 0) is 19.8 Å². The molecule has 0 saturated carbocycles. The molecule has 1 heterocycles. The van der Waals surface area contributed by atoms with Crippen LogP contribution >= 0.6 is 0 Å². The topological polar surface area (TPSA) is 55.8 Å². The number of rotatable bonds is 7. The Labute approximate surface area is 132 Å². The van der Waals surface area contributed by atoms with E-state index in [4.69, 9.17) is 14.6 Å². The third-order valence-electron chi connectivity index (χ3n) is 3.24. The zero-order valence-corrected chi connectivity index (χ0v) is 10.9. The molecule has 4 nitrogen and oxygen atoms in total. The first-order valence-electron chi connectivity index (χ1n) is 6.55. The molecule has 1 aliphatic heterocycles. The van der Waals surface area contributed by atoms with E-state index in [9.17, 15) is 4.79 Å². The molecule has 1 aliphatic rings. The molecule has 5 heteroatoms. The first-order chi connectivity index (χ1) is 8.08. The van der Waals surface area contributed by atoms with Gasteiger partial charge in [0.25, 0.3) is 0 Å². The van der Waals surface area contributed by atoms with Crippen molar-refractivity contribution in [3.8, 4) is 0 Å². The summed E-state index contributed by atoms with van der Waals surface area (Å²) in [7, 11) is 0. The van der Waals surface area contributed by atoms with E-state index in [0.717, 1.165) is 12.8 Å². The van der Waals surface area contributed by atoms with Crippen molar-refractivity contribution >= 4 is 35.5 Å². The Hall–Kier alpha value is 0.390. The monoisotopic (exact) mass is 268 g/mol. The number of hydrogen-bond acceptors (Lipinski definition) is 3. The Morgan fingerprint density at radius 1 is 1.22 bits per heavy atom. The van der Waals surface area contributed by atoms with Gasteiger partial charge in [0.05, 0.1) is 13.2 Å². The summed E-state index contributed by atoms with van der Waals surface area (Å²) >= 11 is 0.